The highest BCUT2D eigenvalue weighted by atomic mass is 16.6. The number of hydrogen-bond acceptors (Lipinski definition) is 4. The molecular formula is C18H12N4O2. The van der Waals surface area contributed by atoms with Crippen molar-refractivity contribution in [2.45, 2.75) is 5.92 Å². The Labute approximate surface area is 137 Å². The van der Waals surface area contributed by atoms with Crippen molar-refractivity contribution in [3.63, 3.8) is 0 Å². The van der Waals surface area contributed by atoms with Crippen LogP contribution in [0.3, 0.4) is 0 Å². The highest BCUT2D eigenvalue weighted by Crippen LogP contribution is 2.39. The molecule has 0 bridgehead atoms. The van der Waals surface area contributed by atoms with Gasteiger partial charge in [0, 0.05) is 34.6 Å². The van der Waals surface area contributed by atoms with E-state index in [4.69, 9.17) is 0 Å². The van der Waals surface area contributed by atoms with E-state index >= 15 is 0 Å². The normalized spacial score (nSPS) is 11.8. The SMILES string of the molecule is N#CC(C#N)C(c1ccccc1[N+](=O)[O-])c1c[nH]c2ccccc12. The van der Waals surface area contributed by atoms with Gasteiger partial charge < -0.3 is 4.98 Å². The molecule has 0 aliphatic rings. The zero-order valence-corrected chi connectivity index (χ0v) is 12.5. The second-order valence-corrected chi connectivity index (χ2v) is 5.32. The van der Waals surface area contributed by atoms with Gasteiger partial charge in [0.15, 0.2) is 0 Å². The van der Waals surface area contributed by atoms with Crippen molar-refractivity contribution >= 4 is 16.6 Å². The number of aromatic amines is 1. The summed E-state index contributed by atoms with van der Waals surface area (Å²) in [5.41, 5.74) is 1.82. The number of fused-ring (bicyclic) bond motifs is 1. The average Bonchev–Trinajstić information content (AvgIpc) is 3.03. The maximum Gasteiger partial charge on any atom is 0.273 e. The van der Waals surface area contributed by atoms with E-state index in [0.717, 1.165) is 10.9 Å². The Kier molecular flexibility index (Phi) is 3.96. The Morgan fingerprint density at radius 2 is 1.67 bits per heavy atom. The number of nitriles is 2. The molecule has 1 aromatic heterocycles. The van der Waals surface area contributed by atoms with Crippen LogP contribution in [0.15, 0.2) is 54.7 Å². The number of H-pyrrole nitrogens is 1. The van der Waals surface area contributed by atoms with E-state index in [1.807, 2.05) is 36.4 Å². The van der Waals surface area contributed by atoms with E-state index in [-0.39, 0.29) is 5.69 Å². The molecule has 1 N–H and O–H groups in total. The minimum atomic E-state index is -1.04. The van der Waals surface area contributed by atoms with Crippen LogP contribution in [-0.4, -0.2) is 9.91 Å². The summed E-state index contributed by atoms with van der Waals surface area (Å²) in [4.78, 5) is 14.0. The van der Waals surface area contributed by atoms with Crippen LogP contribution in [0.2, 0.25) is 0 Å². The molecule has 0 aliphatic heterocycles. The molecule has 0 aliphatic carbocycles. The van der Waals surface area contributed by atoms with Crippen molar-refractivity contribution < 1.29 is 4.92 Å². The van der Waals surface area contributed by atoms with E-state index in [2.05, 4.69) is 4.98 Å². The molecule has 6 heteroatoms. The molecule has 1 atom stereocenters. The lowest BCUT2D eigenvalue weighted by Crippen LogP contribution is -2.13. The molecule has 116 valence electrons. The molecule has 1 unspecified atom stereocenters. The topological polar surface area (TPSA) is 107 Å². The third-order valence-corrected chi connectivity index (χ3v) is 4.04. The molecule has 0 saturated heterocycles. The van der Waals surface area contributed by atoms with Gasteiger partial charge in [0.05, 0.1) is 17.1 Å². The minimum absolute atomic E-state index is 0.0942. The summed E-state index contributed by atoms with van der Waals surface area (Å²) in [6.45, 7) is 0. The second-order valence-electron chi connectivity index (χ2n) is 5.32. The fourth-order valence-electron chi connectivity index (χ4n) is 2.97. The smallest absolute Gasteiger partial charge is 0.273 e. The van der Waals surface area contributed by atoms with E-state index in [0.29, 0.717) is 11.1 Å². The van der Waals surface area contributed by atoms with E-state index in [1.54, 1.807) is 24.4 Å². The van der Waals surface area contributed by atoms with Crippen LogP contribution in [0.5, 0.6) is 0 Å². The summed E-state index contributed by atoms with van der Waals surface area (Å²) < 4.78 is 0. The van der Waals surface area contributed by atoms with Gasteiger partial charge in [0.1, 0.15) is 5.92 Å². The fraction of sp³-hybridized carbons (Fsp3) is 0.111. The van der Waals surface area contributed by atoms with Crippen LogP contribution >= 0.6 is 0 Å². The largest absolute Gasteiger partial charge is 0.361 e. The van der Waals surface area contributed by atoms with Crippen LogP contribution in [0.25, 0.3) is 10.9 Å². The predicted octanol–water partition coefficient (Wildman–Crippen LogP) is 3.87. The van der Waals surface area contributed by atoms with Crippen molar-refractivity contribution in [1.82, 2.24) is 4.98 Å². The lowest BCUT2D eigenvalue weighted by molar-refractivity contribution is -0.385. The van der Waals surface area contributed by atoms with Crippen molar-refractivity contribution in [3.05, 3.63) is 76.0 Å². The van der Waals surface area contributed by atoms with Gasteiger partial charge in [-0.2, -0.15) is 10.5 Å². The third kappa shape index (κ3) is 2.47. The monoisotopic (exact) mass is 316 g/mol. The number of nitro groups is 1. The molecule has 3 aromatic rings. The number of nitro benzene ring substituents is 1. The molecule has 1 heterocycles. The van der Waals surface area contributed by atoms with Gasteiger partial charge in [0.2, 0.25) is 0 Å². The number of hydrogen-bond donors (Lipinski definition) is 1. The van der Waals surface area contributed by atoms with Crippen molar-refractivity contribution in [2.75, 3.05) is 0 Å². The van der Waals surface area contributed by atoms with Gasteiger partial charge >= 0.3 is 0 Å². The number of nitrogens with zero attached hydrogens (tertiary/aromatic N) is 3. The van der Waals surface area contributed by atoms with Gasteiger partial charge in [-0.1, -0.05) is 36.4 Å². The van der Waals surface area contributed by atoms with Crippen LogP contribution in [0.4, 0.5) is 5.69 Å². The van der Waals surface area contributed by atoms with Crippen LogP contribution < -0.4 is 0 Å². The van der Waals surface area contributed by atoms with Gasteiger partial charge in [-0.15, -0.1) is 0 Å². The summed E-state index contributed by atoms with van der Waals surface area (Å²) in [5.74, 6) is -1.75. The van der Waals surface area contributed by atoms with Crippen molar-refractivity contribution in [2.24, 2.45) is 5.92 Å². The van der Waals surface area contributed by atoms with Gasteiger partial charge in [-0.05, 0) is 11.6 Å². The first-order valence-electron chi connectivity index (χ1n) is 7.26. The number of nitrogens with one attached hydrogen (secondary N) is 1. The molecule has 0 saturated carbocycles. The van der Waals surface area contributed by atoms with Gasteiger partial charge in [0.25, 0.3) is 5.69 Å². The average molecular weight is 316 g/mol. The molecule has 3 rings (SSSR count). The zero-order valence-electron chi connectivity index (χ0n) is 12.5. The molecule has 0 fully saturated rings. The maximum atomic E-state index is 11.4. The lowest BCUT2D eigenvalue weighted by atomic mass is 9.81. The highest BCUT2D eigenvalue weighted by Gasteiger charge is 2.32. The first-order valence-corrected chi connectivity index (χ1v) is 7.26. The Hall–Kier alpha value is -3.64. The highest BCUT2D eigenvalue weighted by molar-refractivity contribution is 5.84. The quantitative estimate of drug-likeness (QED) is 0.582. The molecule has 2 aromatic carbocycles. The molecule has 6 nitrogen and oxygen atoms in total. The fourth-order valence-corrected chi connectivity index (χ4v) is 2.97. The number of para-hydroxylation sites is 2. The summed E-state index contributed by atoms with van der Waals surface area (Å²) in [6, 6.07) is 17.7. The Bertz CT molecular complexity index is 980. The van der Waals surface area contributed by atoms with E-state index in [1.165, 1.54) is 6.07 Å². The van der Waals surface area contributed by atoms with Crippen molar-refractivity contribution in [3.8, 4) is 12.1 Å². The summed E-state index contributed by atoms with van der Waals surface area (Å²) in [6.07, 6.45) is 1.72. The van der Waals surface area contributed by atoms with E-state index in [9.17, 15) is 20.6 Å². The van der Waals surface area contributed by atoms with Crippen LogP contribution in [0.1, 0.15) is 17.0 Å². The van der Waals surface area contributed by atoms with E-state index < -0.39 is 16.8 Å². The Morgan fingerprint density at radius 1 is 1.00 bits per heavy atom. The van der Waals surface area contributed by atoms with Crippen molar-refractivity contribution in [1.29, 1.82) is 10.5 Å². The predicted molar refractivity (Wildman–Crippen MR) is 88.0 cm³/mol. The molecule has 0 radical (unpaired) electrons. The molecular weight excluding hydrogens is 304 g/mol. The second kappa shape index (κ2) is 6.23. The maximum absolute atomic E-state index is 11.4. The number of rotatable bonds is 4. The number of benzene rings is 2. The molecule has 24 heavy (non-hydrogen) atoms. The lowest BCUT2D eigenvalue weighted by Gasteiger charge is -2.17. The first kappa shape index (κ1) is 15.3. The first-order chi connectivity index (χ1) is 11.7. The molecule has 0 spiro atoms. The Balaban J connectivity index is 2.29. The third-order valence-electron chi connectivity index (χ3n) is 4.04. The van der Waals surface area contributed by atoms with Gasteiger partial charge in [-0.3, -0.25) is 10.1 Å². The minimum Gasteiger partial charge on any atom is -0.361 e. The standard InChI is InChI=1S/C18H12N4O2/c19-9-12(10-20)18(14-6-2-4-8-17(14)22(23)24)15-11-21-16-7-3-1-5-13(15)16/h1-8,11-12,18,21H. The van der Waals surface area contributed by atoms with Crippen LogP contribution in [0, 0.1) is 38.7 Å². The summed E-state index contributed by atoms with van der Waals surface area (Å²) >= 11 is 0. The molecule has 0 amide bonds. The Morgan fingerprint density at radius 3 is 2.38 bits per heavy atom. The van der Waals surface area contributed by atoms with Crippen LogP contribution in [-0.2, 0) is 0 Å². The summed E-state index contributed by atoms with van der Waals surface area (Å²) in [7, 11) is 0. The van der Waals surface area contributed by atoms with Gasteiger partial charge in [-0.25, -0.2) is 0 Å². The zero-order chi connectivity index (χ0) is 17.1. The summed E-state index contributed by atoms with van der Waals surface area (Å²) in [5, 5.41) is 31.0. The number of aromatic nitrogens is 1.